The average molecular weight is 187 g/mol. The van der Waals surface area contributed by atoms with E-state index < -0.39 is 0 Å². The molecule has 2 rings (SSSR count). The highest BCUT2D eigenvalue weighted by molar-refractivity contribution is 5.78. The fourth-order valence-electron chi connectivity index (χ4n) is 1.27. The predicted molar refractivity (Wildman–Crippen MR) is 53.5 cm³/mol. The van der Waals surface area contributed by atoms with Crippen LogP contribution in [-0.4, -0.2) is 15.3 Å². The minimum absolute atomic E-state index is 0.116. The molecule has 0 bridgehead atoms. The fourth-order valence-corrected chi connectivity index (χ4v) is 1.27. The average Bonchev–Trinajstić information content (AvgIpc) is 2.19. The van der Waals surface area contributed by atoms with Gasteiger partial charge < -0.3 is 10.8 Å². The molecule has 1 heterocycles. The maximum atomic E-state index is 9.60. The number of nitrogens with zero attached hydrogens (tertiary/aromatic N) is 2. The van der Waals surface area contributed by atoms with Crippen molar-refractivity contribution in [2.24, 2.45) is 0 Å². The minimum atomic E-state index is 0.116. The number of aromatic hydroxyl groups is 1. The maximum absolute atomic E-state index is 9.60. The van der Waals surface area contributed by atoms with Crippen LogP contribution in [0.4, 0.5) is 5.69 Å². The molecule has 2 aromatic rings. The monoisotopic (exact) mass is 187 g/mol. The van der Waals surface area contributed by atoms with E-state index in [2.05, 4.69) is 10.2 Å². The van der Waals surface area contributed by atoms with Gasteiger partial charge in [-0.25, -0.2) is 0 Å². The second-order valence-electron chi connectivity index (χ2n) is 2.85. The van der Waals surface area contributed by atoms with Crippen LogP contribution in [0.2, 0.25) is 0 Å². The van der Waals surface area contributed by atoms with Crippen LogP contribution >= 0.6 is 0 Å². The second-order valence-corrected chi connectivity index (χ2v) is 2.85. The van der Waals surface area contributed by atoms with Gasteiger partial charge in [0.05, 0.1) is 11.3 Å². The number of rotatable bonds is 1. The Morgan fingerprint density at radius 3 is 2.64 bits per heavy atom. The molecule has 0 unspecified atom stereocenters. The molecular formula is C10H9N3O. The van der Waals surface area contributed by atoms with Crippen molar-refractivity contribution < 1.29 is 5.11 Å². The van der Waals surface area contributed by atoms with Crippen molar-refractivity contribution in [3.05, 3.63) is 36.5 Å². The number of anilines is 1. The molecular weight excluding hydrogens is 178 g/mol. The topological polar surface area (TPSA) is 72.0 Å². The van der Waals surface area contributed by atoms with Gasteiger partial charge in [0.2, 0.25) is 0 Å². The Balaban J connectivity index is 2.63. The first kappa shape index (κ1) is 8.50. The van der Waals surface area contributed by atoms with Gasteiger partial charge in [-0.05, 0) is 24.3 Å². The van der Waals surface area contributed by atoms with E-state index in [1.807, 2.05) is 0 Å². The number of nitrogens with two attached hydrogens (primary N) is 1. The Hall–Kier alpha value is -2.10. The Labute approximate surface area is 81.0 Å². The minimum Gasteiger partial charge on any atom is -0.507 e. The molecule has 4 nitrogen and oxygen atoms in total. The van der Waals surface area contributed by atoms with Gasteiger partial charge >= 0.3 is 0 Å². The lowest BCUT2D eigenvalue weighted by atomic mass is 10.1. The SMILES string of the molecule is Nc1cccc(O)c1-c1cccnn1. The van der Waals surface area contributed by atoms with Crippen molar-refractivity contribution >= 4 is 5.69 Å². The van der Waals surface area contributed by atoms with Gasteiger partial charge in [-0.15, -0.1) is 0 Å². The summed E-state index contributed by atoms with van der Waals surface area (Å²) in [4.78, 5) is 0. The fraction of sp³-hybridized carbons (Fsp3) is 0. The molecule has 1 aromatic carbocycles. The molecule has 0 saturated heterocycles. The molecule has 0 spiro atoms. The summed E-state index contributed by atoms with van der Waals surface area (Å²) in [6.45, 7) is 0. The number of phenolic OH excluding ortho intramolecular Hbond substituents is 1. The van der Waals surface area contributed by atoms with Gasteiger partial charge in [0.15, 0.2) is 0 Å². The van der Waals surface area contributed by atoms with Gasteiger partial charge in [0.25, 0.3) is 0 Å². The lowest BCUT2D eigenvalue weighted by Crippen LogP contribution is -1.93. The molecule has 0 fully saturated rings. The third kappa shape index (κ3) is 1.37. The van der Waals surface area contributed by atoms with E-state index in [1.54, 1.807) is 36.5 Å². The number of phenols is 1. The third-order valence-corrected chi connectivity index (χ3v) is 1.90. The van der Waals surface area contributed by atoms with Crippen molar-refractivity contribution in [3.8, 4) is 17.0 Å². The first-order valence-electron chi connectivity index (χ1n) is 4.14. The number of nitrogen functional groups attached to an aromatic ring is 1. The second kappa shape index (κ2) is 3.33. The van der Waals surface area contributed by atoms with E-state index >= 15 is 0 Å². The van der Waals surface area contributed by atoms with Crippen LogP contribution in [0.1, 0.15) is 0 Å². The summed E-state index contributed by atoms with van der Waals surface area (Å²) in [6, 6.07) is 8.46. The molecule has 70 valence electrons. The standard InChI is InChI=1S/C10H9N3O/c11-7-3-1-5-9(14)10(7)8-4-2-6-12-13-8/h1-6,14H,11H2. The van der Waals surface area contributed by atoms with Gasteiger partial charge in [-0.2, -0.15) is 10.2 Å². The van der Waals surface area contributed by atoms with Crippen LogP contribution < -0.4 is 5.73 Å². The van der Waals surface area contributed by atoms with Crippen LogP contribution in [0.15, 0.2) is 36.5 Å². The van der Waals surface area contributed by atoms with Crippen molar-refractivity contribution in [1.29, 1.82) is 0 Å². The van der Waals surface area contributed by atoms with E-state index in [1.165, 1.54) is 0 Å². The number of hydrogen-bond acceptors (Lipinski definition) is 4. The van der Waals surface area contributed by atoms with Gasteiger partial charge in [-0.1, -0.05) is 6.07 Å². The molecule has 0 aliphatic carbocycles. The van der Waals surface area contributed by atoms with Crippen LogP contribution in [0.5, 0.6) is 5.75 Å². The smallest absolute Gasteiger partial charge is 0.127 e. The predicted octanol–water partition coefficient (Wildman–Crippen LogP) is 1.43. The third-order valence-electron chi connectivity index (χ3n) is 1.90. The molecule has 4 heteroatoms. The summed E-state index contributed by atoms with van der Waals surface area (Å²) >= 11 is 0. The molecule has 1 aromatic heterocycles. The zero-order valence-corrected chi connectivity index (χ0v) is 7.38. The van der Waals surface area contributed by atoms with E-state index in [-0.39, 0.29) is 5.75 Å². The van der Waals surface area contributed by atoms with Crippen molar-refractivity contribution in [1.82, 2.24) is 10.2 Å². The van der Waals surface area contributed by atoms with E-state index in [0.29, 0.717) is 16.9 Å². The summed E-state index contributed by atoms with van der Waals surface area (Å²) in [5.41, 5.74) is 7.32. The van der Waals surface area contributed by atoms with E-state index in [4.69, 9.17) is 5.73 Å². The molecule has 0 atom stereocenters. The zero-order valence-electron chi connectivity index (χ0n) is 7.38. The lowest BCUT2D eigenvalue weighted by molar-refractivity contribution is 0.477. The van der Waals surface area contributed by atoms with Crippen molar-refractivity contribution in [3.63, 3.8) is 0 Å². The molecule has 0 amide bonds. The van der Waals surface area contributed by atoms with E-state index in [0.717, 1.165) is 0 Å². The Bertz CT molecular complexity index is 422. The van der Waals surface area contributed by atoms with Crippen LogP contribution in [0.25, 0.3) is 11.3 Å². The lowest BCUT2D eigenvalue weighted by Gasteiger charge is -2.05. The number of hydrogen-bond donors (Lipinski definition) is 2. The maximum Gasteiger partial charge on any atom is 0.127 e. The van der Waals surface area contributed by atoms with E-state index in [9.17, 15) is 5.11 Å². The Morgan fingerprint density at radius 1 is 1.14 bits per heavy atom. The molecule has 3 N–H and O–H groups in total. The molecule has 0 radical (unpaired) electrons. The normalized spacial score (nSPS) is 10.0. The van der Waals surface area contributed by atoms with Gasteiger partial charge in [0.1, 0.15) is 5.75 Å². The first-order valence-corrected chi connectivity index (χ1v) is 4.14. The summed E-state index contributed by atoms with van der Waals surface area (Å²) in [6.07, 6.45) is 1.57. The van der Waals surface area contributed by atoms with Crippen LogP contribution in [-0.2, 0) is 0 Å². The van der Waals surface area contributed by atoms with Gasteiger partial charge in [0, 0.05) is 11.9 Å². The zero-order chi connectivity index (χ0) is 9.97. The van der Waals surface area contributed by atoms with Gasteiger partial charge in [-0.3, -0.25) is 0 Å². The summed E-state index contributed by atoms with van der Waals surface area (Å²) in [5.74, 6) is 0.116. The summed E-state index contributed by atoms with van der Waals surface area (Å²) < 4.78 is 0. The van der Waals surface area contributed by atoms with Crippen molar-refractivity contribution in [2.75, 3.05) is 5.73 Å². The highest BCUT2D eigenvalue weighted by Gasteiger charge is 2.08. The number of benzene rings is 1. The van der Waals surface area contributed by atoms with Crippen LogP contribution in [0, 0.1) is 0 Å². The summed E-state index contributed by atoms with van der Waals surface area (Å²) in [5, 5.41) is 17.2. The molecule has 0 saturated carbocycles. The largest absolute Gasteiger partial charge is 0.507 e. The van der Waals surface area contributed by atoms with Crippen molar-refractivity contribution in [2.45, 2.75) is 0 Å². The summed E-state index contributed by atoms with van der Waals surface area (Å²) in [7, 11) is 0. The van der Waals surface area contributed by atoms with Crippen LogP contribution in [0.3, 0.4) is 0 Å². The first-order chi connectivity index (χ1) is 6.79. The Kier molecular flexibility index (Phi) is 2.02. The molecule has 0 aliphatic heterocycles. The quantitative estimate of drug-likeness (QED) is 0.662. The highest BCUT2D eigenvalue weighted by atomic mass is 16.3. The molecule has 0 aliphatic rings. The number of aromatic nitrogens is 2. The molecule has 14 heavy (non-hydrogen) atoms. The highest BCUT2D eigenvalue weighted by Crippen LogP contribution is 2.32. The Morgan fingerprint density at radius 2 is 2.00 bits per heavy atom.